The molecule has 0 fully saturated rings. The van der Waals surface area contributed by atoms with Gasteiger partial charge in [-0.1, -0.05) is 67.5 Å². The third-order valence-electron chi connectivity index (χ3n) is 7.50. The van der Waals surface area contributed by atoms with Gasteiger partial charge in [0.2, 0.25) is 10.8 Å². The number of nitrogens with one attached hydrogen (secondary N) is 1. The fraction of sp³-hybridized carbons (Fsp3) is 0.387. The molecule has 42 heavy (non-hydrogen) atoms. The summed E-state index contributed by atoms with van der Waals surface area (Å²) in [7, 11) is -4.16. The standard InChI is InChI=1S/C31H39N5O5S/c1-7-12-27-33-26(8-2)28(29(32)37)36(27)19-22-15-17-23(18-16-22)24-13-10-11-14-25(24)31(6,40-9-3)42(38,39)35-30-20(4)21(5)34-41-30/h10-11,13-18,35H,7-9,12,19H2,1-6H3,(H2,32,37). The highest BCUT2D eigenvalue weighted by molar-refractivity contribution is 7.93. The molecule has 4 aromatic rings. The second-order valence-corrected chi connectivity index (χ2v) is 12.3. The van der Waals surface area contributed by atoms with E-state index in [0.717, 1.165) is 29.8 Å². The number of imidazole rings is 1. The molecular formula is C31H39N5O5S. The third-order valence-corrected chi connectivity index (χ3v) is 9.32. The molecule has 0 spiro atoms. The number of amides is 1. The Balaban J connectivity index is 1.72. The number of aryl methyl sites for hydroxylation is 3. The molecular weight excluding hydrogens is 554 g/mol. The van der Waals surface area contributed by atoms with Crippen molar-refractivity contribution in [1.29, 1.82) is 0 Å². The van der Waals surface area contributed by atoms with E-state index in [1.807, 2.05) is 47.9 Å². The minimum absolute atomic E-state index is 0.0590. The molecule has 0 saturated carbocycles. The predicted molar refractivity (Wildman–Crippen MR) is 163 cm³/mol. The Labute approximate surface area is 247 Å². The fourth-order valence-electron chi connectivity index (χ4n) is 5.07. The summed E-state index contributed by atoms with van der Waals surface area (Å²) in [6, 6.07) is 15.1. The van der Waals surface area contributed by atoms with Crippen molar-refractivity contribution in [2.24, 2.45) is 5.73 Å². The lowest BCUT2D eigenvalue weighted by Gasteiger charge is -2.31. The Kier molecular flexibility index (Phi) is 9.22. The van der Waals surface area contributed by atoms with Crippen molar-refractivity contribution in [2.45, 2.75) is 72.3 Å². The highest BCUT2D eigenvalue weighted by Gasteiger charge is 2.44. The molecule has 1 amide bonds. The number of carbonyl (C=O) groups is 1. The minimum Gasteiger partial charge on any atom is -0.364 e. The average Bonchev–Trinajstić information content (AvgIpc) is 3.47. The maximum atomic E-state index is 13.8. The van der Waals surface area contributed by atoms with E-state index in [1.54, 1.807) is 32.9 Å². The predicted octanol–water partition coefficient (Wildman–Crippen LogP) is 5.47. The van der Waals surface area contributed by atoms with Gasteiger partial charge in [0.25, 0.3) is 15.9 Å². The number of nitrogens with zero attached hydrogens (tertiary/aromatic N) is 3. The van der Waals surface area contributed by atoms with Gasteiger partial charge >= 0.3 is 0 Å². The Morgan fingerprint density at radius 2 is 1.79 bits per heavy atom. The van der Waals surface area contributed by atoms with Crippen LogP contribution in [0.5, 0.6) is 0 Å². The van der Waals surface area contributed by atoms with Crippen molar-refractivity contribution in [2.75, 3.05) is 11.3 Å². The molecule has 2 aromatic carbocycles. The molecule has 0 radical (unpaired) electrons. The van der Waals surface area contributed by atoms with Gasteiger partial charge in [-0.3, -0.25) is 4.79 Å². The SMILES string of the molecule is CCCc1nc(CC)c(C(N)=O)n1Cc1ccc(-c2ccccc2C(C)(OCC)S(=O)(=O)Nc2onc(C)c2C)cc1. The van der Waals surface area contributed by atoms with Crippen LogP contribution < -0.4 is 10.5 Å². The summed E-state index contributed by atoms with van der Waals surface area (Å²) in [5.41, 5.74) is 11.0. The lowest BCUT2D eigenvalue weighted by Crippen LogP contribution is -2.40. The molecule has 1 atom stereocenters. The molecule has 224 valence electrons. The number of hydrogen-bond acceptors (Lipinski definition) is 7. The van der Waals surface area contributed by atoms with E-state index in [9.17, 15) is 13.2 Å². The maximum absolute atomic E-state index is 13.8. The molecule has 11 heteroatoms. The van der Waals surface area contributed by atoms with Gasteiger partial charge in [-0.2, -0.15) is 0 Å². The summed E-state index contributed by atoms with van der Waals surface area (Å²) < 4.78 is 43.4. The van der Waals surface area contributed by atoms with Crippen molar-refractivity contribution in [1.82, 2.24) is 14.7 Å². The lowest BCUT2D eigenvalue weighted by molar-refractivity contribution is 0.0383. The number of primary amides is 1. The molecule has 0 saturated heterocycles. The molecule has 2 aromatic heterocycles. The number of benzene rings is 2. The Bertz CT molecular complexity index is 1670. The van der Waals surface area contributed by atoms with Gasteiger partial charge in [-0.15, -0.1) is 0 Å². The van der Waals surface area contributed by atoms with Crippen LogP contribution in [-0.2, 0) is 39.1 Å². The Hall–Kier alpha value is -3.96. The summed E-state index contributed by atoms with van der Waals surface area (Å²) in [5.74, 6) is 0.400. The fourth-order valence-corrected chi connectivity index (χ4v) is 6.44. The van der Waals surface area contributed by atoms with E-state index in [0.29, 0.717) is 46.7 Å². The number of sulfonamides is 1. The topological polar surface area (TPSA) is 142 Å². The number of carbonyl (C=O) groups excluding carboxylic acids is 1. The molecule has 2 heterocycles. The van der Waals surface area contributed by atoms with Crippen LogP contribution in [0.4, 0.5) is 5.88 Å². The average molecular weight is 594 g/mol. The van der Waals surface area contributed by atoms with E-state index in [-0.39, 0.29) is 12.5 Å². The van der Waals surface area contributed by atoms with Crippen LogP contribution in [-0.4, -0.2) is 35.6 Å². The Morgan fingerprint density at radius 1 is 1.10 bits per heavy atom. The summed E-state index contributed by atoms with van der Waals surface area (Å²) >= 11 is 0. The first-order chi connectivity index (χ1) is 20.0. The first-order valence-corrected chi connectivity index (χ1v) is 15.6. The zero-order valence-electron chi connectivity index (χ0n) is 25.0. The molecule has 0 aliphatic rings. The van der Waals surface area contributed by atoms with Crippen molar-refractivity contribution in [3.8, 4) is 11.1 Å². The highest BCUT2D eigenvalue weighted by atomic mass is 32.2. The van der Waals surface area contributed by atoms with Gasteiger partial charge in [0.1, 0.15) is 11.5 Å². The lowest BCUT2D eigenvalue weighted by atomic mass is 9.95. The highest BCUT2D eigenvalue weighted by Crippen LogP contribution is 2.39. The van der Waals surface area contributed by atoms with Crippen molar-refractivity contribution in [3.63, 3.8) is 0 Å². The van der Waals surface area contributed by atoms with E-state index in [2.05, 4.69) is 16.8 Å². The van der Waals surface area contributed by atoms with Gasteiger partial charge < -0.3 is 19.6 Å². The Morgan fingerprint density at radius 3 is 2.36 bits per heavy atom. The smallest absolute Gasteiger partial charge is 0.269 e. The van der Waals surface area contributed by atoms with Gasteiger partial charge in [0.05, 0.1) is 11.4 Å². The van der Waals surface area contributed by atoms with Crippen LogP contribution in [0, 0.1) is 13.8 Å². The zero-order valence-corrected chi connectivity index (χ0v) is 25.8. The van der Waals surface area contributed by atoms with E-state index >= 15 is 0 Å². The molecule has 3 N–H and O–H groups in total. The number of nitrogens with two attached hydrogens (primary N) is 1. The van der Waals surface area contributed by atoms with Gasteiger partial charge in [-0.05, 0) is 57.2 Å². The van der Waals surface area contributed by atoms with Crippen molar-refractivity contribution < 1.29 is 22.5 Å². The molecule has 0 bridgehead atoms. The first kappa shape index (κ1) is 31.0. The second-order valence-electron chi connectivity index (χ2n) is 10.3. The molecule has 10 nitrogen and oxygen atoms in total. The van der Waals surface area contributed by atoms with Crippen LogP contribution in [0.15, 0.2) is 53.1 Å². The number of anilines is 1. The molecule has 4 rings (SSSR count). The van der Waals surface area contributed by atoms with Crippen LogP contribution in [0.3, 0.4) is 0 Å². The van der Waals surface area contributed by atoms with Crippen LogP contribution in [0.25, 0.3) is 11.1 Å². The number of hydrogen-bond donors (Lipinski definition) is 2. The minimum atomic E-state index is -4.16. The summed E-state index contributed by atoms with van der Waals surface area (Å²) in [6.45, 7) is 11.4. The normalized spacial score (nSPS) is 13.2. The van der Waals surface area contributed by atoms with Crippen molar-refractivity contribution >= 4 is 21.8 Å². The molecule has 0 aliphatic carbocycles. The van der Waals surface area contributed by atoms with E-state index < -0.39 is 20.9 Å². The molecule has 1 unspecified atom stereocenters. The maximum Gasteiger partial charge on any atom is 0.269 e. The quantitative estimate of drug-likeness (QED) is 0.209. The second kappa shape index (κ2) is 12.5. The largest absolute Gasteiger partial charge is 0.364 e. The number of ether oxygens (including phenoxy) is 1. The monoisotopic (exact) mass is 593 g/mol. The van der Waals surface area contributed by atoms with Gasteiger partial charge in [-0.25, -0.2) is 18.1 Å². The van der Waals surface area contributed by atoms with Crippen LogP contribution in [0.2, 0.25) is 0 Å². The number of rotatable bonds is 13. The number of aromatic nitrogens is 3. The molecule has 0 aliphatic heterocycles. The first-order valence-electron chi connectivity index (χ1n) is 14.1. The van der Waals surface area contributed by atoms with Crippen LogP contribution >= 0.6 is 0 Å². The van der Waals surface area contributed by atoms with Crippen LogP contribution in [0.1, 0.15) is 78.5 Å². The summed E-state index contributed by atoms with van der Waals surface area (Å²) in [5, 5.41) is 3.87. The van der Waals surface area contributed by atoms with Crippen molar-refractivity contribution in [3.05, 3.63) is 88.1 Å². The summed E-state index contributed by atoms with van der Waals surface area (Å²) in [6.07, 6.45) is 2.24. The van der Waals surface area contributed by atoms with Gasteiger partial charge in [0, 0.05) is 30.7 Å². The zero-order chi connectivity index (χ0) is 30.7. The third kappa shape index (κ3) is 5.84. The van der Waals surface area contributed by atoms with E-state index in [4.69, 9.17) is 20.0 Å². The summed E-state index contributed by atoms with van der Waals surface area (Å²) in [4.78, 5) is 15.3. The van der Waals surface area contributed by atoms with E-state index in [1.165, 1.54) is 6.92 Å². The van der Waals surface area contributed by atoms with Gasteiger partial charge in [0.15, 0.2) is 0 Å².